The Kier molecular flexibility index (Phi) is 11.7. The van der Waals surface area contributed by atoms with Gasteiger partial charge in [0.2, 0.25) is 0 Å². The van der Waals surface area contributed by atoms with E-state index in [-0.39, 0.29) is 17.8 Å². The fourth-order valence-electron chi connectivity index (χ4n) is 3.79. The van der Waals surface area contributed by atoms with E-state index in [2.05, 4.69) is 19.1 Å². The highest BCUT2D eigenvalue weighted by Crippen LogP contribution is 2.37. The van der Waals surface area contributed by atoms with Gasteiger partial charge in [0, 0.05) is 19.3 Å². The molecule has 1 rings (SSSR count). The third kappa shape index (κ3) is 9.85. The Bertz CT molecular complexity index is 497. The first-order chi connectivity index (χ1) is 13.3. The summed E-state index contributed by atoms with van der Waals surface area (Å²) in [7, 11) is 0. The second-order valence-electron chi connectivity index (χ2n) is 8.33. The largest absolute Gasteiger partial charge is 0.466 e. The van der Waals surface area contributed by atoms with E-state index < -0.39 is 17.8 Å². The van der Waals surface area contributed by atoms with Crippen molar-refractivity contribution in [2.24, 2.45) is 11.8 Å². The number of rotatable bonds is 13. The van der Waals surface area contributed by atoms with E-state index in [4.69, 9.17) is 4.74 Å². The van der Waals surface area contributed by atoms with Crippen LogP contribution in [0.2, 0.25) is 0 Å². The summed E-state index contributed by atoms with van der Waals surface area (Å²) in [5.74, 6) is -0.413. The first kappa shape index (κ1) is 24.9. The van der Waals surface area contributed by atoms with Crippen molar-refractivity contribution < 1.29 is 24.9 Å². The lowest BCUT2D eigenvalue weighted by Gasteiger charge is -2.23. The molecule has 0 saturated heterocycles. The molecule has 0 heterocycles. The maximum atomic E-state index is 10.7. The molecule has 1 saturated carbocycles. The Morgan fingerprint density at radius 3 is 2.57 bits per heavy atom. The van der Waals surface area contributed by atoms with E-state index in [1.54, 1.807) is 6.08 Å². The number of carbonyl (C=O) groups is 1. The SMILES string of the molecule is CCCCC[C@](C)(O)/C=C/[C@@H]1[C@@H](C/C=C\CCCCOC(C)=O)[C@@H](O)C[C@H]1O. The van der Waals surface area contributed by atoms with Crippen molar-refractivity contribution in [1.29, 1.82) is 0 Å². The zero-order valence-electron chi connectivity index (χ0n) is 17.8. The number of unbranched alkanes of at least 4 members (excludes halogenated alkanes) is 4. The minimum atomic E-state index is -0.870. The number of ether oxygens (including phenoxy) is 1. The molecular weight excluding hydrogens is 356 g/mol. The number of carbonyl (C=O) groups excluding carboxylic acids is 1. The molecule has 28 heavy (non-hydrogen) atoms. The summed E-state index contributed by atoms with van der Waals surface area (Å²) in [6.07, 6.45) is 14.5. The van der Waals surface area contributed by atoms with E-state index in [9.17, 15) is 20.1 Å². The molecule has 5 nitrogen and oxygen atoms in total. The van der Waals surface area contributed by atoms with Crippen molar-refractivity contribution in [3.63, 3.8) is 0 Å². The highest BCUT2D eigenvalue weighted by Gasteiger charge is 2.39. The summed E-state index contributed by atoms with van der Waals surface area (Å²) in [5, 5.41) is 31.2. The third-order valence-electron chi connectivity index (χ3n) is 5.53. The van der Waals surface area contributed by atoms with Gasteiger partial charge in [0.25, 0.3) is 0 Å². The van der Waals surface area contributed by atoms with Gasteiger partial charge in [0.1, 0.15) is 0 Å². The highest BCUT2D eigenvalue weighted by molar-refractivity contribution is 5.65. The molecule has 1 aliphatic rings. The van der Waals surface area contributed by atoms with Gasteiger partial charge in [-0.15, -0.1) is 0 Å². The second-order valence-corrected chi connectivity index (χ2v) is 8.33. The summed E-state index contributed by atoms with van der Waals surface area (Å²) < 4.78 is 4.90. The van der Waals surface area contributed by atoms with E-state index in [0.29, 0.717) is 25.9 Å². The number of aliphatic hydroxyl groups is 3. The quantitative estimate of drug-likeness (QED) is 0.250. The van der Waals surface area contributed by atoms with Gasteiger partial charge in [0.15, 0.2) is 0 Å². The van der Waals surface area contributed by atoms with E-state index in [1.165, 1.54) is 6.92 Å². The molecule has 0 aromatic carbocycles. The molecule has 0 aliphatic heterocycles. The smallest absolute Gasteiger partial charge is 0.302 e. The zero-order valence-corrected chi connectivity index (χ0v) is 17.8. The van der Waals surface area contributed by atoms with Gasteiger partial charge >= 0.3 is 5.97 Å². The van der Waals surface area contributed by atoms with Gasteiger partial charge < -0.3 is 20.1 Å². The monoisotopic (exact) mass is 396 g/mol. The molecule has 0 unspecified atom stereocenters. The lowest BCUT2D eigenvalue weighted by atomic mass is 9.88. The highest BCUT2D eigenvalue weighted by atomic mass is 16.5. The summed E-state index contributed by atoms with van der Waals surface area (Å²) in [5.41, 5.74) is -0.870. The summed E-state index contributed by atoms with van der Waals surface area (Å²) >= 11 is 0. The molecule has 5 atom stereocenters. The number of allylic oxidation sites excluding steroid dienone is 2. The van der Waals surface area contributed by atoms with Gasteiger partial charge in [-0.2, -0.15) is 0 Å². The zero-order chi connectivity index (χ0) is 21.0. The maximum absolute atomic E-state index is 10.7. The van der Waals surface area contributed by atoms with Crippen molar-refractivity contribution in [3.8, 4) is 0 Å². The molecule has 0 aromatic heterocycles. The number of hydrogen-bond acceptors (Lipinski definition) is 5. The number of esters is 1. The Balaban J connectivity index is 2.46. The van der Waals surface area contributed by atoms with Crippen LogP contribution in [-0.4, -0.2) is 45.7 Å². The first-order valence-corrected chi connectivity index (χ1v) is 10.8. The second kappa shape index (κ2) is 13.1. The van der Waals surface area contributed by atoms with Crippen LogP contribution in [0.3, 0.4) is 0 Å². The van der Waals surface area contributed by atoms with Gasteiger partial charge in [-0.25, -0.2) is 0 Å². The van der Waals surface area contributed by atoms with Gasteiger partial charge in [0.05, 0.1) is 24.4 Å². The fourth-order valence-corrected chi connectivity index (χ4v) is 3.79. The van der Waals surface area contributed by atoms with E-state index >= 15 is 0 Å². The Hall–Kier alpha value is -1.17. The average molecular weight is 397 g/mol. The molecule has 0 bridgehead atoms. The van der Waals surface area contributed by atoms with Crippen molar-refractivity contribution >= 4 is 5.97 Å². The Morgan fingerprint density at radius 1 is 1.14 bits per heavy atom. The van der Waals surface area contributed by atoms with E-state index in [0.717, 1.165) is 38.5 Å². The molecular formula is C23H40O5. The molecule has 3 N–H and O–H groups in total. The molecule has 0 aromatic rings. The van der Waals surface area contributed by atoms with Crippen LogP contribution in [0.5, 0.6) is 0 Å². The van der Waals surface area contributed by atoms with Crippen molar-refractivity contribution in [1.82, 2.24) is 0 Å². The topological polar surface area (TPSA) is 87.0 Å². The lowest BCUT2D eigenvalue weighted by molar-refractivity contribution is -0.141. The Morgan fingerprint density at radius 2 is 1.89 bits per heavy atom. The van der Waals surface area contributed by atoms with E-state index in [1.807, 2.05) is 13.0 Å². The first-order valence-electron chi connectivity index (χ1n) is 10.8. The number of aliphatic hydroxyl groups excluding tert-OH is 2. The Labute approximate surface area is 170 Å². The van der Waals surface area contributed by atoms with Gasteiger partial charge in [-0.05, 0) is 44.9 Å². The number of hydrogen-bond donors (Lipinski definition) is 3. The van der Waals surface area contributed by atoms with Crippen LogP contribution in [0.4, 0.5) is 0 Å². The molecule has 1 aliphatic carbocycles. The molecule has 0 spiro atoms. The minimum Gasteiger partial charge on any atom is -0.466 e. The van der Waals surface area contributed by atoms with Crippen LogP contribution in [0.25, 0.3) is 0 Å². The predicted molar refractivity (Wildman–Crippen MR) is 112 cm³/mol. The molecule has 1 fully saturated rings. The van der Waals surface area contributed by atoms with Gasteiger partial charge in [-0.1, -0.05) is 50.5 Å². The van der Waals surface area contributed by atoms with Crippen LogP contribution in [0, 0.1) is 11.8 Å². The van der Waals surface area contributed by atoms with Crippen molar-refractivity contribution in [3.05, 3.63) is 24.3 Å². The van der Waals surface area contributed by atoms with Crippen LogP contribution >= 0.6 is 0 Å². The molecule has 162 valence electrons. The summed E-state index contributed by atoms with van der Waals surface area (Å²) in [4.78, 5) is 10.7. The predicted octanol–water partition coefficient (Wildman–Crippen LogP) is 3.91. The molecule has 5 heteroatoms. The standard InChI is InChI=1S/C23H40O5/c1-4-5-10-14-23(3,27)15-13-20-19(21(25)17-22(20)26)12-9-7-6-8-11-16-28-18(2)24/h7,9,13,15,19-22,25-27H,4-6,8,10-12,14,16-17H2,1-3H3/b9-7-,15-13+/t19-,20-,21+,22-,23+/m1/s1. The summed E-state index contributed by atoms with van der Waals surface area (Å²) in [6.45, 7) is 5.82. The van der Waals surface area contributed by atoms with Crippen LogP contribution in [-0.2, 0) is 9.53 Å². The van der Waals surface area contributed by atoms with Crippen molar-refractivity contribution in [2.75, 3.05) is 6.61 Å². The minimum absolute atomic E-state index is 0.0324. The molecule has 0 amide bonds. The van der Waals surface area contributed by atoms with Crippen molar-refractivity contribution in [2.45, 2.75) is 96.4 Å². The lowest BCUT2D eigenvalue weighted by Crippen LogP contribution is -2.24. The van der Waals surface area contributed by atoms with Crippen LogP contribution in [0.1, 0.15) is 78.6 Å². The normalized spacial score (nSPS) is 27.5. The van der Waals surface area contributed by atoms with Crippen LogP contribution in [0.15, 0.2) is 24.3 Å². The average Bonchev–Trinajstić information content (AvgIpc) is 2.88. The fraction of sp³-hybridized carbons (Fsp3) is 0.783. The third-order valence-corrected chi connectivity index (χ3v) is 5.53. The summed E-state index contributed by atoms with van der Waals surface area (Å²) in [6, 6.07) is 0. The maximum Gasteiger partial charge on any atom is 0.302 e. The molecule has 0 radical (unpaired) electrons. The van der Waals surface area contributed by atoms with Crippen LogP contribution < -0.4 is 0 Å². The van der Waals surface area contributed by atoms with Gasteiger partial charge in [-0.3, -0.25) is 4.79 Å².